The van der Waals surface area contributed by atoms with E-state index in [1.807, 2.05) is 4.90 Å². The summed E-state index contributed by atoms with van der Waals surface area (Å²) in [4.78, 5) is 14.4. The molecule has 1 unspecified atom stereocenters. The number of benzene rings is 1. The molecule has 21 heavy (non-hydrogen) atoms. The number of carbonyl (C=O) groups excluding carboxylic acids is 1. The van der Waals surface area contributed by atoms with Crippen LogP contribution in [0.2, 0.25) is 0 Å². The van der Waals surface area contributed by atoms with Crippen molar-refractivity contribution < 1.29 is 14.3 Å². The molecular weight excluding hydrogens is 292 g/mol. The second kappa shape index (κ2) is 6.12. The van der Waals surface area contributed by atoms with Crippen LogP contribution >= 0.6 is 12.4 Å². The van der Waals surface area contributed by atoms with Crippen LogP contribution in [0.4, 0.5) is 0 Å². The van der Waals surface area contributed by atoms with E-state index in [0.717, 1.165) is 19.5 Å². The number of nitrogens with two attached hydrogens (primary N) is 1. The van der Waals surface area contributed by atoms with Crippen molar-refractivity contribution in [3.05, 3.63) is 23.8 Å². The van der Waals surface area contributed by atoms with Gasteiger partial charge in [0.2, 0.25) is 0 Å². The van der Waals surface area contributed by atoms with Gasteiger partial charge in [-0.1, -0.05) is 6.92 Å². The standard InChI is InChI=1S/C15H20N2O3.ClH/c1-15(9-16)4-5-17(10-15)14(18)11-2-3-12-13(8-11)20-7-6-19-12;/h2-3,8H,4-7,9-10,16H2,1H3;1H. The van der Waals surface area contributed by atoms with Gasteiger partial charge in [0.05, 0.1) is 0 Å². The van der Waals surface area contributed by atoms with E-state index in [-0.39, 0.29) is 23.7 Å². The quantitative estimate of drug-likeness (QED) is 0.902. The van der Waals surface area contributed by atoms with E-state index >= 15 is 0 Å². The first-order chi connectivity index (χ1) is 9.61. The lowest BCUT2D eigenvalue weighted by molar-refractivity contribution is 0.0775. The molecule has 2 heterocycles. The molecule has 1 fully saturated rings. The van der Waals surface area contributed by atoms with Gasteiger partial charge in [0.25, 0.3) is 5.91 Å². The molecule has 0 spiro atoms. The summed E-state index contributed by atoms with van der Waals surface area (Å²) < 4.78 is 11.0. The van der Waals surface area contributed by atoms with Gasteiger partial charge in [0, 0.05) is 18.7 Å². The topological polar surface area (TPSA) is 64.8 Å². The molecule has 1 aromatic rings. The lowest BCUT2D eigenvalue weighted by Gasteiger charge is -2.23. The molecule has 2 aliphatic rings. The molecule has 6 heteroatoms. The molecule has 1 atom stereocenters. The Morgan fingerprint density at radius 3 is 2.71 bits per heavy atom. The van der Waals surface area contributed by atoms with E-state index < -0.39 is 0 Å². The Labute approximate surface area is 130 Å². The van der Waals surface area contributed by atoms with Gasteiger partial charge >= 0.3 is 0 Å². The van der Waals surface area contributed by atoms with Gasteiger partial charge in [-0.05, 0) is 36.6 Å². The molecule has 1 aromatic carbocycles. The van der Waals surface area contributed by atoms with E-state index in [1.54, 1.807) is 18.2 Å². The summed E-state index contributed by atoms with van der Waals surface area (Å²) in [6.07, 6.45) is 0.958. The van der Waals surface area contributed by atoms with Crippen LogP contribution in [0.1, 0.15) is 23.7 Å². The Morgan fingerprint density at radius 1 is 1.33 bits per heavy atom. The SMILES string of the molecule is CC1(CN)CCN(C(=O)c2ccc3c(c2)OCCO3)C1.Cl. The minimum absolute atomic E-state index is 0. The fourth-order valence-corrected chi connectivity index (χ4v) is 2.72. The van der Waals surface area contributed by atoms with Crippen LogP contribution in [0.15, 0.2) is 18.2 Å². The van der Waals surface area contributed by atoms with Crippen LogP contribution < -0.4 is 15.2 Å². The Morgan fingerprint density at radius 2 is 2.05 bits per heavy atom. The van der Waals surface area contributed by atoms with E-state index in [9.17, 15) is 4.79 Å². The lowest BCUT2D eigenvalue weighted by Crippen LogP contribution is -2.34. The molecule has 2 N–H and O–H groups in total. The van der Waals surface area contributed by atoms with Gasteiger partial charge in [-0.15, -0.1) is 12.4 Å². The minimum atomic E-state index is 0. The number of amides is 1. The Balaban J connectivity index is 0.00000161. The highest BCUT2D eigenvalue weighted by Gasteiger charge is 2.35. The Hall–Kier alpha value is -1.46. The summed E-state index contributed by atoms with van der Waals surface area (Å²) in [6.45, 7) is 5.31. The smallest absolute Gasteiger partial charge is 0.254 e. The summed E-state index contributed by atoms with van der Waals surface area (Å²) in [7, 11) is 0. The summed E-state index contributed by atoms with van der Waals surface area (Å²) in [6, 6.07) is 5.38. The maximum absolute atomic E-state index is 12.5. The van der Waals surface area contributed by atoms with Crippen LogP contribution in [-0.4, -0.2) is 43.7 Å². The van der Waals surface area contributed by atoms with E-state index in [1.165, 1.54) is 0 Å². The molecule has 0 bridgehead atoms. The number of fused-ring (bicyclic) bond motifs is 1. The molecule has 1 saturated heterocycles. The summed E-state index contributed by atoms with van der Waals surface area (Å²) >= 11 is 0. The number of hydrogen-bond donors (Lipinski definition) is 1. The zero-order chi connectivity index (χ0) is 14.2. The predicted octanol–water partition coefficient (Wildman–Crippen LogP) is 1.69. The first-order valence-corrected chi connectivity index (χ1v) is 7.00. The highest BCUT2D eigenvalue weighted by Crippen LogP contribution is 2.33. The number of nitrogens with zero attached hydrogens (tertiary/aromatic N) is 1. The normalized spacial score (nSPS) is 23.6. The van der Waals surface area contributed by atoms with Crippen LogP contribution in [0, 0.1) is 5.41 Å². The van der Waals surface area contributed by atoms with Crippen molar-refractivity contribution >= 4 is 18.3 Å². The number of halogens is 1. The highest BCUT2D eigenvalue weighted by molar-refractivity contribution is 5.95. The third kappa shape index (κ3) is 3.09. The zero-order valence-electron chi connectivity index (χ0n) is 12.1. The minimum Gasteiger partial charge on any atom is -0.486 e. The summed E-state index contributed by atoms with van der Waals surface area (Å²) in [5, 5.41) is 0. The Bertz CT molecular complexity index is 538. The highest BCUT2D eigenvalue weighted by atomic mass is 35.5. The molecule has 1 amide bonds. The second-order valence-corrected chi connectivity index (χ2v) is 5.85. The van der Waals surface area contributed by atoms with Crippen molar-refractivity contribution in [2.45, 2.75) is 13.3 Å². The third-order valence-corrected chi connectivity index (χ3v) is 4.13. The molecule has 5 nitrogen and oxygen atoms in total. The first-order valence-electron chi connectivity index (χ1n) is 7.00. The monoisotopic (exact) mass is 312 g/mol. The molecule has 2 aliphatic heterocycles. The maximum Gasteiger partial charge on any atom is 0.254 e. The van der Waals surface area contributed by atoms with E-state index in [0.29, 0.717) is 36.8 Å². The van der Waals surface area contributed by atoms with Gasteiger partial charge in [-0.25, -0.2) is 0 Å². The number of hydrogen-bond acceptors (Lipinski definition) is 4. The molecule has 0 aromatic heterocycles. The van der Waals surface area contributed by atoms with Gasteiger partial charge in [-0.3, -0.25) is 4.79 Å². The van der Waals surface area contributed by atoms with Crippen LogP contribution in [0.25, 0.3) is 0 Å². The van der Waals surface area contributed by atoms with E-state index in [4.69, 9.17) is 15.2 Å². The van der Waals surface area contributed by atoms with Crippen LogP contribution in [-0.2, 0) is 0 Å². The van der Waals surface area contributed by atoms with Crippen molar-refractivity contribution in [2.75, 3.05) is 32.8 Å². The number of ether oxygens (including phenoxy) is 2. The molecule has 0 saturated carbocycles. The van der Waals surface area contributed by atoms with Crippen molar-refractivity contribution in [2.24, 2.45) is 11.1 Å². The summed E-state index contributed by atoms with van der Waals surface area (Å²) in [5.74, 6) is 1.41. The van der Waals surface area contributed by atoms with Crippen molar-refractivity contribution in [3.63, 3.8) is 0 Å². The van der Waals surface area contributed by atoms with Crippen LogP contribution in [0.3, 0.4) is 0 Å². The zero-order valence-corrected chi connectivity index (χ0v) is 12.9. The van der Waals surface area contributed by atoms with Crippen LogP contribution in [0.5, 0.6) is 11.5 Å². The molecule has 0 radical (unpaired) electrons. The predicted molar refractivity (Wildman–Crippen MR) is 82.4 cm³/mol. The lowest BCUT2D eigenvalue weighted by atomic mass is 9.90. The van der Waals surface area contributed by atoms with Gasteiger partial charge in [-0.2, -0.15) is 0 Å². The number of likely N-dealkylation sites (tertiary alicyclic amines) is 1. The Kier molecular flexibility index (Phi) is 4.64. The molecule has 0 aliphatic carbocycles. The average Bonchev–Trinajstić information content (AvgIpc) is 2.89. The summed E-state index contributed by atoms with van der Waals surface area (Å²) in [5.41, 5.74) is 6.48. The number of rotatable bonds is 2. The van der Waals surface area contributed by atoms with Gasteiger partial charge in [0.1, 0.15) is 13.2 Å². The fraction of sp³-hybridized carbons (Fsp3) is 0.533. The first kappa shape index (κ1) is 15.9. The fourth-order valence-electron chi connectivity index (χ4n) is 2.72. The molecule has 3 rings (SSSR count). The van der Waals surface area contributed by atoms with Crippen molar-refractivity contribution in [1.82, 2.24) is 4.90 Å². The van der Waals surface area contributed by atoms with E-state index in [2.05, 4.69) is 6.92 Å². The number of carbonyl (C=O) groups is 1. The van der Waals surface area contributed by atoms with Gasteiger partial charge in [0.15, 0.2) is 11.5 Å². The largest absolute Gasteiger partial charge is 0.486 e. The van der Waals surface area contributed by atoms with Crippen molar-refractivity contribution in [1.29, 1.82) is 0 Å². The van der Waals surface area contributed by atoms with Gasteiger partial charge < -0.3 is 20.1 Å². The second-order valence-electron chi connectivity index (χ2n) is 5.85. The van der Waals surface area contributed by atoms with Crippen molar-refractivity contribution in [3.8, 4) is 11.5 Å². The molecular formula is C15H21ClN2O3. The third-order valence-electron chi connectivity index (χ3n) is 4.13. The average molecular weight is 313 g/mol. The molecule has 116 valence electrons. The maximum atomic E-state index is 12.5.